The molecule has 3 rings (SSSR count). The fourth-order valence-electron chi connectivity index (χ4n) is 2.95. The summed E-state index contributed by atoms with van der Waals surface area (Å²) in [7, 11) is 0. The van der Waals surface area contributed by atoms with Crippen molar-refractivity contribution in [3.63, 3.8) is 0 Å². The fourth-order valence-corrected chi connectivity index (χ4v) is 2.95. The number of hydrogen-bond acceptors (Lipinski definition) is 2. The van der Waals surface area contributed by atoms with E-state index in [1.807, 2.05) is 19.1 Å². The molecule has 2 N–H and O–H groups in total. The van der Waals surface area contributed by atoms with Crippen LogP contribution in [0.5, 0.6) is 5.75 Å². The molecule has 19 heavy (non-hydrogen) atoms. The zero-order chi connectivity index (χ0) is 13.2. The van der Waals surface area contributed by atoms with Crippen LogP contribution in [0.3, 0.4) is 0 Å². The van der Waals surface area contributed by atoms with Gasteiger partial charge in [0.25, 0.3) is 0 Å². The summed E-state index contributed by atoms with van der Waals surface area (Å²) >= 11 is 0. The van der Waals surface area contributed by atoms with Crippen molar-refractivity contribution in [1.29, 1.82) is 0 Å². The standard InChI is InChI=1S/C16H20N2O/c1-11-7-8-16(19)13(9-11)15-10-14(17-18-15)12-5-3-2-4-6-12/h7-10,12,19H,2-6H2,1H3,(H,17,18). The summed E-state index contributed by atoms with van der Waals surface area (Å²) in [6.07, 6.45) is 6.49. The first-order chi connectivity index (χ1) is 9.24. The Morgan fingerprint density at radius 2 is 1.95 bits per heavy atom. The Morgan fingerprint density at radius 1 is 1.16 bits per heavy atom. The largest absolute Gasteiger partial charge is 0.507 e. The molecular formula is C16H20N2O. The first-order valence-electron chi connectivity index (χ1n) is 7.09. The molecule has 1 aromatic carbocycles. The first kappa shape index (κ1) is 12.3. The zero-order valence-corrected chi connectivity index (χ0v) is 11.3. The number of phenolic OH excluding ortho intramolecular Hbond substituents is 1. The monoisotopic (exact) mass is 256 g/mol. The molecule has 0 radical (unpaired) electrons. The predicted octanol–water partition coefficient (Wildman–Crippen LogP) is 4.14. The fraction of sp³-hybridized carbons (Fsp3) is 0.438. The molecule has 3 nitrogen and oxygen atoms in total. The van der Waals surface area contributed by atoms with E-state index < -0.39 is 0 Å². The van der Waals surface area contributed by atoms with Gasteiger partial charge in [0, 0.05) is 17.2 Å². The third-order valence-corrected chi connectivity index (χ3v) is 4.07. The van der Waals surface area contributed by atoms with Gasteiger partial charge in [0.15, 0.2) is 0 Å². The normalized spacial score (nSPS) is 16.7. The van der Waals surface area contributed by atoms with Crippen LogP contribution in [0.4, 0.5) is 0 Å². The lowest BCUT2D eigenvalue weighted by Crippen LogP contribution is -2.04. The van der Waals surface area contributed by atoms with Gasteiger partial charge in [-0.2, -0.15) is 5.10 Å². The third-order valence-electron chi connectivity index (χ3n) is 4.07. The lowest BCUT2D eigenvalue weighted by Gasteiger charge is -2.19. The van der Waals surface area contributed by atoms with Crippen LogP contribution in [0.2, 0.25) is 0 Å². The van der Waals surface area contributed by atoms with E-state index in [-0.39, 0.29) is 0 Å². The summed E-state index contributed by atoms with van der Waals surface area (Å²) in [4.78, 5) is 0. The Kier molecular flexibility index (Phi) is 3.28. The summed E-state index contributed by atoms with van der Waals surface area (Å²) in [6, 6.07) is 7.73. The van der Waals surface area contributed by atoms with Crippen molar-refractivity contribution >= 4 is 0 Å². The second kappa shape index (κ2) is 5.08. The zero-order valence-electron chi connectivity index (χ0n) is 11.3. The highest BCUT2D eigenvalue weighted by atomic mass is 16.3. The van der Waals surface area contributed by atoms with Crippen LogP contribution in [0, 0.1) is 6.92 Å². The summed E-state index contributed by atoms with van der Waals surface area (Å²) in [5.74, 6) is 0.911. The molecule has 0 atom stereocenters. The number of H-pyrrole nitrogens is 1. The maximum atomic E-state index is 9.95. The first-order valence-corrected chi connectivity index (χ1v) is 7.09. The number of hydrogen-bond donors (Lipinski definition) is 2. The Labute approximate surface area is 113 Å². The molecule has 1 saturated carbocycles. The Morgan fingerprint density at radius 3 is 2.74 bits per heavy atom. The van der Waals surface area contributed by atoms with E-state index >= 15 is 0 Å². The van der Waals surface area contributed by atoms with Crippen LogP contribution in [-0.4, -0.2) is 15.3 Å². The molecule has 0 aliphatic heterocycles. The van der Waals surface area contributed by atoms with Crippen LogP contribution < -0.4 is 0 Å². The average molecular weight is 256 g/mol. The van der Waals surface area contributed by atoms with Crippen molar-refractivity contribution in [1.82, 2.24) is 10.2 Å². The van der Waals surface area contributed by atoms with Gasteiger partial charge in [0.05, 0.1) is 5.69 Å². The van der Waals surface area contributed by atoms with Gasteiger partial charge in [0.2, 0.25) is 0 Å². The smallest absolute Gasteiger partial charge is 0.125 e. The number of phenols is 1. The van der Waals surface area contributed by atoms with Crippen LogP contribution in [0.15, 0.2) is 24.3 Å². The van der Waals surface area contributed by atoms with Gasteiger partial charge in [-0.15, -0.1) is 0 Å². The van der Waals surface area contributed by atoms with Crippen molar-refractivity contribution in [2.75, 3.05) is 0 Å². The minimum atomic E-state index is 0.298. The number of aromatic hydroxyl groups is 1. The number of aryl methyl sites for hydroxylation is 1. The number of aromatic amines is 1. The quantitative estimate of drug-likeness (QED) is 0.848. The lowest BCUT2D eigenvalue weighted by atomic mass is 9.87. The molecule has 0 unspecified atom stereocenters. The van der Waals surface area contributed by atoms with Crippen molar-refractivity contribution in [2.45, 2.75) is 44.9 Å². The van der Waals surface area contributed by atoms with Crippen molar-refractivity contribution in [2.24, 2.45) is 0 Å². The van der Waals surface area contributed by atoms with E-state index in [1.54, 1.807) is 6.07 Å². The van der Waals surface area contributed by atoms with Crippen LogP contribution >= 0.6 is 0 Å². The SMILES string of the molecule is Cc1ccc(O)c(-c2cc(C3CCCCC3)[nH]n2)c1. The highest BCUT2D eigenvalue weighted by Gasteiger charge is 2.18. The summed E-state index contributed by atoms with van der Waals surface area (Å²) in [5.41, 5.74) is 4.02. The molecule has 1 fully saturated rings. The summed E-state index contributed by atoms with van der Waals surface area (Å²) < 4.78 is 0. The predicted molar refractivity (Wildman–Crippen MR) is 76.3 cm³/mol. The van der Waals surface area contributed by atoms with Gasteiger partial charge in [0.1, 0.15) is 5.75 Å². The molecule has 1 aliphatic rings. The van der Waals surface area contributed by atoms with E-state index in [9.17, 15) is 5.11 Å². The van der Waals surface area contributed by atoms with Crippen molar-refractivity contribution in [3.05, 3.63) is 35.5 Å². The van der Waals surface area contributed by atoms with E-state index in [4.69, 9.17) is 0 Å². The number of nitrogens with one attached hydrogen (secondary N) is 1. The number of nitrogens with zero attached hydrogens (tertiary/aromatic N) is 1. The molecular weight excluding hydrogens is 236 g/mol. The number of benzene rings is 1. The molecule has 2 aromatic rings. The van der Waals surface area contributed by atoms with Gasteiger partial charge in [-0.1, -0.05) is 30.9 Å². The molecule has 0 bridgehead atoms. The molecule has 3 heteroatoms. The molecule has 0 saturated heterocycles. The highest BCUT2D eigenvalue weighted by Crippen LogP contribution is 2.35. The summed E-state index contributed by atoms with van der Waals surface area (Å²) in [5, 5.41) is 17.5. The minimum absolute atomic E-state index is 0.298. The molecule has 0 amide bonds. The van der Waals surface area contributed by atoms with Crippen LogP contribution in [-0.2, 0) is 0 Å². The molecule has 0 spiro atoms. The Bertz CT molecular complexity index is 568. The van der Waals surface area contributed by atoms with Gasteiger partial charge < -0.3 is 5.11 Å². The third kappa shape index (κ3) is 2.50. The molecule has 1 aliphatic carbocycles. The van der Waals surface area contributed by atoms with Gasteiger partial charge in [-0.05, 0) is 38.0 Å². The van der Waals surface area contributed by atoms with Crippen molar-refractivity contribution < 1.29 is 5.11 Å². The van der Waals surface area contributed by atoms with E-state index in [1.165, 1.54) is 37.8 Å². The molecule has 1 aromatic heterocycles. The van der Waals surface area contributed by atoms with Crippen LogP contribution in [0.25, 0.3) is 11.3 Å². The van der Waals surface area contributed by atoms with Crippen molar-refractivity contribution in [3.8, 4) is 17.0 Å². The van der Waals surface area contributed by atoms with Gasteiger partial charge in [-0.3, -0.25) is 5.10 Å². The minimum Gasteiger partial charge on any atom is -0.507 e. The van der Waals surface area contributed by atoms with E-state index in [0.29, 0.717) is 11.7 Å². The topological polar surface area (TPSA) is 48.9 Å². The van der Waals surface area contributed by atoms with E-state index in [2.05, 4.69) is 16.3 Å². The Balaban J connectivity index is 1.89. The maximum Gasteiger partial charge on any atom is 0.125 e. The average Bonchev–Trinajstić information content (AvgIpc) is 2.92. The number of rotatable bonds is 2. The number of aromatic nitrogens is 2. The van der Waals surface area contributed by atoms with Gasteiger partial charge >= 0.3 is 0 Å². The molecule has 1 heterocycles. The lowest BCUT2D eigenvalue weighted by molar-refractivity contribution is 0.436. The summed E-state index contributed by atoms with van der Waals surface area (Å²) in [6.45, 7) is 2.03. The van der Waals surface area contributed by atoms with Crippen LogP contribution in [0.1, 0.15) is 49.3 Å². The second-order valence-corrected chi connectivity index (χ2v) is 5.56. The van der Waals surface area contributed by atoms with E-state index in [0.717, 1.165) is 16.8 Å². The second-order valence-electron chi connectivity index (χ2n) is 5.56. The Hall–Kier alpha value is -1.77. The molecule has 100 valence electrons. The van der Waals surface area contributed by atoms with Gasteiger partial charge in [-0.25, -0.2) is 0 Å². The maximum absolute atomic E-state index is 9.95. The highest BCUT2D eigenvalue weighted by molar-refractivity contribution is 5.67.